The van der Waals surface area contributed by atoms with Gasteiger partial charge in [0.1, 0.15) is 11.0 Å². The van der Waals surface area contributed by atoms with Crippen molar-refractivity contribution in [2.45, 2.75) is 0 Å². The number of imidazole rings is 1. The molecule has 7 nitrogen and oxygen atoms in total. The van der Waals surface area contributed by atoms with Gasteiger partial charge in [-0.15, -0.1) is 10.2 Å². The average molecular weight is 420 g/mol. The van der Waals surface area contributed by atoms with Gasteiger partial charge in [-0.2, -0.15) is 0 Å². The minimum Gasteiger partial charge on any atom is -1.00 e. The van der Waals surface area contributed by atoms with Crippen molar-refractivity contribution in [2.75, 3.05) is 0 Å². The lowest BCUT2D eigenvalue weighted by molar-refractivity contribution is -0.632. The molecule has 0 N–H and O–H groups in total. The van der Waals surface area contributed by atoms with E-state index in [0.29, 0.717) is 5.84 Å². The molecular weight excluding hydrogens is 398 g/mol. The molecule has 0 bridgehead atoms. The lowest BCUT2D eigenvalue weighted by Gasteiger charge is -1.96. The summed E-state index contributed by atoms with van der Waals surface area (Å²) in [6.07, 6.45) is 3.85. The van der Waals surface area contributed by atoms with Gasteiger partial charge in [0.2, 0.25) is 5.84 Å². The van der Waals surface area contributed by atoms with Gasteiger partial charge in [-0.05, 0) is 29.4 Å². The van der Waals surface area contributed by atoms with Gasteiger partial charge in [-0.3, -0.25) is 0 Å². The standard InChI is InChI=1S/C22H22N7.ClH/c1-27-15-13-18(14-16-27)23-24-21(17-9-5-4-6-10-17)25-26-22-28(2)19-11-7-8-12-20(19)29(22)3;/h4-16H,1-3H3;1H/q+1;/p-1. The van der Waals surface area contributed by atoms with E-state index in [1.807, 2.05) is 102 Å². The molecule has 2 aromatic heterocycles. The normalized spacial score (nSPS) is 11.6. The Morgan fingerprint density at radius 1 is 0.867 bits per heavy atom. The zero-order valence-corrected chi connectivity index (χ0v) is 17.8. The number of para-hydroxylation sites is 2. The topological polar surface area (TPSA) is 63.2 Å². The van der Waals surface area contributed by atoms with Gasteiger partial charge in [-0.1, -0.05) is 42.5 Å². The molecule has 8 heteroatoms. The Morgan fingerprint density at radius 3 is 2.23 bits per heavy atom. The summed E-state index contributed by atoms with van der Waals surface area (Å²) >= 11 is 0. The Labute approximate surface area is 180 Å². The monoisotopic (exact) mass is 419 g/mol. The van der Waals surface area contributed by atoms with E-state index < -0.39 is 0 Å². The van der Waals surface area contributed by atoms with Crippen LogP contribution in [0.25, 0.3) is 11.0 Å². The Morgan fingerprint density at radius 2 is 1.53 bits per heavy atom. The smallest absolute Gasteiger partial charge is 0.422 e. The highest BCUT2D eigenvalue weighted by molar-refractivity contribution is 5.99. The van der Waals surface area contributed by atoms with Crippen LogP contribution in [0.4, 0.5) is 5.95 Å². The second kappa shape index (κ2) is 9.28. The molecule has 0 amide bonds. The molecule has 30 heavy (non-hydrogen) atoms. The highest BCUT2D eigenvalue weighted by Crippen LogP contribution is 2.18. The third kappa shape index (κ3) is 4.36. The third-order valence-electron chi connectivity index (χ3n) is 4.69. The summed E-state index contributed by atoms with van der Waals surface area (Å²) in [4.78, 5) is 0. The summed E-state index contributed by atoms with van der Waals surface area (Å²) in [7, 11) is 5.91. The Bertz CT molecular complexity index is 1220. The van der Waals surface area contributed by atoms with Gasteiger partial charge >= 0.3 is 5.95 Å². The molecular formula is C22H22ClN7. The molecule has 0 atom stereocenters. The summed E-state index contributed by atoms with van der Waals surface area (Å²) in [5.41, 5.74) is 3.02. The minimum atomic E-state index is 0. The van der Waals surface area contributed by atoms with Crippen LogP contribution >= 0.6 is 0 Å². The number of fused-ring (bicyclic) bond motifs is 1. The number of azo groups is 1. The molecule has 0 aliphatic heterocycles. The number of nitrogens with zero attached hydrogens (tertiary/aromatic N) is 7. The van der Waals surface area contributed by atoms with Crippen LogP contribution in [-0.4, -0.2) is 15.0 Å². The molecule has 0 aliphatic carbocycles. The summed E-state index contributed by atoms with van der Waals surface area (Å²) in [5.74, 6) is 1.17. The SMILES string of the molecule is Cn1ccc(=NN=C(N=Nc2n(C)c3ccccc3[n+]2C)c2ccccc2)cc1.[Cl-]. The molecule has 0 fully saturated rings. The molecule has 152 valence electrons. The lowest BCUT2D eigenvalue weighted by Crippen LogP contribution is -3.00. The average Bonchev–Trinajstić information content (AvgIpc) is 3.00. The van der Waals surface area contributed by atoms with Crippen LogP contribution in [0, 0.1) is 0 Å². The molecule has 2 aromatic carbocycles. The summed E-state index contributed by atoms with van der Waals surface area (Å²) in [6, 6.07) is 21.7. The van der Waals surface area contributed by atoms with E-state index in [9.17, 15) is 0 Å². The van der Waals surface area contributed by atoms with Gasteiger partial charge in [0.15, 0.2) is 0 Å². The van der Waals surface area contributed by atoms with Crippen LogP contribution < -0.4 is 22.3 Å². The van der Waals surface area contributed by atoms with Gasteiger partial charge in [0.25, 0.3) is 0 Å². The van der Waals surface area contributed by atoms with Gasteiger partial charge in [0.05, 0.1) is 19.5 Å². The highest BCUT2D eigenvalue weighted by Gasteiger charge is 2.19. The van der Waals surface area contributed by atoms with Crippen molar-refractivity contribution in [1.82, 2.24) is 9.13 Å². The molecule has 4 aromatic rings. The number of aromatic nitrogens is 3. The van der Waals surface area contributed by atoms with Gasteiger partial charge in [-0.25, -0.2) is 9.13 Å². The van der Waals surface area contributed by atoms with Crippen LogP contribution in [0.1, 0.15) is 5.56 Å². The van der Waals surface area contributed by atoms with E-state index in [1.54, 1.807) is 0 Å². The predicted octanol–water partition coefficient (Wildman–Crippen LogP) is 0.392. The first-order valence-corrected chi connectivity index (χ1v) is 9.28. The number of rotatable bonds is 3. The van der Waals surface area contributed by atoms with Crippen LogP contribution in [0.2, 0.25) is 0 Å². The molecule has 0 spiro atoms. The molecule has 0 aliphatic rings. The lowest BCUT2D eigenvalue weighted by atomic mass is 10.2. The number of amidine groups is 1. The number of halogens is 1. The van der Waals surface area contributed by atoms with E-state index in [0.717, 1.165) is 27.9 Å². The molecule has 0 radical (unpaired) electrons. The Kier molecular flexibility index (Phi) is 6.54. The van der Waals surface area contributed by atoms with Crippen LogP contribution in [0.5, 0.6) is 0 Å². The summed E-state index contributed by atoms with van der Waals surface area (Å²) < 4.78 is 5.96. The summed E-state index contributed by atoms with van der Waals surface area (Å²) in [5, 5.41) is 18.4. The van der Waals surface area contributed by atoms with E-state index >= 15 is 0 Å². The third-order valence-corrected chi connectivity index (χ3v) is 4.69. The molecule has 2 heterocycles. The predicted molar refractivity (Wildman–Crippen MR) is 113 cm³/mol. The fourth-order valence-corrected chi connectivity index (χ4v) is 3.09. The van der Waals surface area contributed by atoms with Crippen molar-refractivity contribution in [3.63, 3.8) is 0 Å². The van der Waals surface area contributed by atoms with Crippen molar-refractivity contribution in [3.8, 4) is 0 Å². The first-order chi connectivity index (χ1) is 14.1. The summed E-state index contributed by atoms with van der Waals surface area (Å²) in [6.45, 7) is 0. The van der Waals surface area contributed by atoms with Crippen LogP contribution in [-0.2, 0) is 21.1 Å². The number of aryl methyl sites for hydroxylation is 3. The second-order valence-electron chi connectivity index (χ2n) is 6.72. The Balaban J connectivity index is 0.00000256. The van der Waals surface area contributed by atoms with Crippen molar-refractivity contribution in [3.05, 3.63) is 90.0 Å². The van der Waals surface area contributed by atoms with Crippen molar-refractivity contribution in [1.29, 1.82) is 0 Å². The number of hydrogen-bond acceptors (Lipinski definition) is 3. The van der Waals surface area contributed by atoms with Crippen LogP contribution in [0.3, 0.4) is 0 Å². The molecule has 0 saturated carbocycles. The van der Waals surface area contributed by atoms with Gasteiger partial charge < -0.3 is 17.0 Å². The fourth-order valence-electron chi connectivity index (χ4n) is 3.09. The van der Waals surface area contributed by atoms with E-state index in [2.05, 4.69) is 32.6 Å². The van der Waals surface area contributed by atoms with Gasteiger partial charge in [0, 0.05) is 30.1 Å². The second-order valence-corrected chi connectivity index (χ2v) is 6.72. The van der Waals surface area contributed by atoms with Crippen molar-refractivity contribution < 1.29 is 17.0 Å². The molecule has 0 unspecified atom stereocenters. The van der Waals surface area contributed by atoms with Crippen molar-refractivity contribution >= 4 is 22.8 Å². The van der Waals surface area contributed by atoms with E-state index in [4.69, 9.17) is 0 Å². The maximum Gasteiger partial charge on any atom is 0.422 e. The number of pyridine rings is 1. The zero-order valence-electron chi connectivity index (χ0n) is 17.0. The Hall–Kier alpha value is -3.58. The van der Waals surface area contributed by atoms with Crippen LogP contribution in [0.15, 0.2) is 99.6 Å². The van der Waals surface area contributed by atoms with Crippen molar-refractivity contribution in [2.24, 2.45) is 41.6 Å². The molecule has 4 rings (SSSR count). The molecule has 0 saturated heterocycles. The quantitative estimate of drug-likeness (QED) is 0.152. The van der Waals surface area contributed by atoms with E-state index in [1.165, 1.54) is 0 Å². The first kappa shape index (κ1) is 21.1. The minimum absolute atomic E-state index is 0. The maximum atomic E-state index is 4.50. The zero-order chi connectivity index (χ0) is 20.2. The largest absolute Gasteiger partial charge is 1.00 e. The number of hydrogen-bond donors (Lipinski definition) is 0. The highest BCUT2D eigenvalue weighted by atomic mass is 35.5. The number of benzene rings is 2. The first-order valence-electron chi connectivity index (χ1n) is 9.28. The maximum absolute atomic E-state index is 4.50. The fraction of sp³-hybridized carbons (Fsp3) is 0.136. The van der Waals surface area contributed by atoms with E-state index in [-0.39, 0.29) is 12.4 Å².